The van der Waals surface area contributed by atoms with E-state index in [-0.39, 0.29) is 11.7 Å². The third kappa shape index (κ3) is 3.82. The third-order valence-corrected chi connectivity index (χ3v) is 6.55. The molecule has 0 bridgehead atoms. The van der Waals surface area contributed by atoms with Gasteiger partial charge in [0.1, 0.15) is 6.04 Å². The molecule has 118 valence electrons. The fourth-order valence-corrected chi connectivity index (χ4v) is 4.57. The summed E-state index contributed by atoms with van der Waals surface area (Å²) in [5, 5.41) is 1.89. The molecule has 0 radical (unpaired) electrons. The topological polar surface area (TPSA) is 83.7 Å². The normalized spacial score (nSPS) is 18.7. The monoisotopic (exact) mass is 331 g/mol. The van der Waals surface area contributed by atoms with E-state index in [9.17, 15) is 13.2 Å². The minimum Gasteiger partial charge on any atom is -0.338 e. The van der Waals surface area contributed by atoms with Gasteiger partial charge in [-0.3, -0.25) is 4.79 Å². The van der Waals surface area contributed by atoms with Crippen molar-refractivity contribution in [3.05, 3.63) is 22.4 Å². The summed E-state index contributed by atoms with van der Waals surface area (Å²) in [6, 6.07) is 3.06. The number of amides is 1. The van der Waals surface area contributed by atoms with E-state index < -0.39 is 16.1 Å². The number of hydrogen-bond donors (Lipinski definition) is 1. The summed E-state index contributed by atoms with van der Waals surface area (Å²) in [5.41, 5.74) is 5.97. The van der Waals surface area contributed by atoms with Gasteiger partial charge in [-0.05, 0) is 17.9 Å². The lowest BCUT2D eigenvalue weighted by Crippen LogP contribution is -2.52. The van der Waals surface area contributed by atoms with Gasteiger partial charge >= 0.3 is 0 Å². The molecule has 8 heteroatoms. The van der Waals surface area contributed by atoms with Crippen molar-refractivity contribution in [2.24, 2.45) is 5.73 Å². The number of rotatable bonds is 5. The van der Waals surface area contributed by atoms with Crippen molar-refractivity contribution in [2.45, 2.75) is 19.4 Å². The predicted octanol–water partition coefficient (Wildman–Crippen LogP) is 0.632. The molecule has 1 aliphatic heterocycles. The highest BCUT2D eigenvalue weighted by molar-refractivity contribution is 7.89. The Morgan fingerprint density at radius 2 is 2.05 bits per heavy atom. The number of carbonyl (C=O) groups is 1. The largest absolute Gasteiger partial charge is 0.338 e. The van der Waals surface area contributed by atoms with Crippen molar-refractivity contribution in [1.82, 2.24) is 9.21 Å². The first-order valence-electron chi connectivity index (χ1n) is 7.01. The molecule has 1 fully saturated rings. The van der Waals surface area contributed by atoms with E-state index in [1.807, 2.05) is 24.4 Å². The minimum absolute atomic E-state index is 0.134. The molecule has 1 aromatic heterocycles. The van der Waals surface area contributed by atoms with E-state index in [4.69, 9.17) is 5.73 Å². The average Bonchev–Trinajstić information content (AvgIpc) is 3.00. The van der Waals surface area contributed by atoms with Gasteiger partial charge in [0.05, 0.1) is 5.75 Å². The molecule has 1 saturated heterocycles. The highest BCUT2D eigenvalue weighted by Crippen LogP contribution is 2.20. The van der Waals surface area contributed by atoms with Crippen molar-refractivity contribution in [3.63, 3.8) is 0 Å². The molecule has 1 unspecified atom stereocenters. The van der Waals surface area contributed by atoms with Crippen molar-refractivity contribution in [2.75, 3.05) is 31.9 Å². The Hall–Kier alpha value is -0.960. The number of carbonyl (C=O) groups excluding carboxylic acids is 1. The first-order chi connectivity index (χ1) is 9.95. The summed E-state index contributed by atoms with van der Waals surface area (Å²) in [4.78, 5) is 14.8. The molecule has 1 aromatic rings. The highest BCUT2D eigenvalue weighted by atomic mass is 32.2. The van der Waals surface area contributed by atoms with Gasteiger partial charge in [0.25, 0.3) is 0 Å². The summed E-state index contributed by atoms with van der Waals surface area (Å²) in [6.45, 7) is 3.36. The maximum atomic E-state index is 12.3. The van der Waals surface area contributed by atoms with E-state index in [0.717, 1.165) is 4.88 Å². The summed E-state index contributed by atoms with van der Waals surface area (Å²) >= 11 is 1.46. The Bertz CT molecular complexity index is 563. The lowest BCUT2D eigenvalue weighted by atomic mass is 10.2. The van der Waals surface area contributed by atoms with Crippen LogP contribution >= 0.6 is 11.3 Å². The number of thiophene rings is 1. The van der Waals surface area contributed by atoms with E-state index in [0.29, 0.717) is 32.6 Å². The first-order valence-corrected chi connectivity index (χ1v) is 9.50. The quantitative estimate of drug-likeness (QED) is 0.858. The van der Waals surface area contributed by atoms with Crippen molar-refractivity contribution < 1.29 is 13.2 Å². The van der Waals surface area contributed by atoms with Gasteiger partial charge in [-0.15, -0.1) is 11.3 Å². The van der Waals surface area contributed by atoms with E-state index >= 15 is 0 Å². The molecule has 1 aliphatic rings. The standard InChI is InChI=1S/C13H21N3O3S2/c1-2-10-21(18,19)16-7-5-15(6-8-16)13(17)12(14)11-4-3-9-20-11/h3-4,9,12H,2,5-8,10,14H2,1H3. The van der Waals surface area contributed by atoms with Crippen molar-refractivity contribution >= 4 is 27.3 Å². The van der Waals surface area contributed by atoms with Crippen LogP contribution in [0.1, 0.15) is 24.3 Å². The molecular formula is C13H21N3O3S2. The highest BCUT2D eigenvalue weighted by Gasteiger charge is 2.30. The summed E-state index contributed by atoms with van der Waals surface area (Å²) in [6.07, 6.45) is 0.602. The van der Waals surface area contributed by atoms with Gasteiger partial charge < -0.3 is 10.6 Å². The second-order valence-electron chi connectivity index (χ2n) is 5.03. The van der Waals surface area contributed by atoms with Gasteiger partial charge in [0.15, 0.2) is 0 Å². The van der Waals surface area contributed by atoms with Crippen LogP contribution in [-0.4, -0.2) is 55.5 Å². The number of nitrogens with two attached hydrogens (primary N) is 1. The summed E-state index contributed by atoms with van der Waals surface area (Å²) < 4.78 is 25.4. The molecule has 2 heterocycles. The first kappa shape index (κ1) is 16.4. The van der Waals surface area contributed by atoms with Crippen LogP contribution < -0.4 is 5.73 Å². The van der Waals surface area contributed by atoms with E-state index in [2.05, 4.69) is 0 Å². The zero-order valence-electron chi connectivity index (χ0n) is 12.1. The molecule has 0 saturated carbocycles. The molecule has 1 amide bonds. The number of hydrogen-bond acceptors (Lipinski definition) is 5. The SMILES string of the molecule is CCCS(=O)(=O)N1CCN(C(=O)C(N)c2cccs2)CC1. The van der Waals surface area contributed by atoms with Crippen LogP contribution in [0.5, 0.6) is 0 Å². The van der Waals surface area contributed by atoms with E-state index in [1.54, 1.807) is 4.90 Å². The van der Waals surface area contributed by atoms with Gasteiger partial charge in [0, 0.05) is 31.1 Å². The second-order valence-corrected chi connectivity index (χ2v) is 8.10. The van der Waals surface area contributed by atoms with E-state index in [1.165, 1.54) is 15.6 Å². The Morgan fingerprint density at radius 1 is 1.38 bits per heavy atom. The lowest BCUT2D eigenvalue weighted by molar-refractivity contribution is -0.133. The Morgan fingerprint density at radius 3 is 2.57 bits per heavy atom. The lowest BCUT2D eigenvalue weighted by Gasteiger charge is -2.35. The maximum Gasteiger partial charge on any atom is 0.245 e. The molecule has 0 aliphatic carbocycles. The molecule has 6 nitrogen and oxygen atoms in total. The van der Waals surface area contributed by atoms with Gasteiger partial charge in [-0.1, -0.05) is 13.0 Å². The average molecular weight is 331 g/mol. The fraction of sp³-hybridized carbons (Fsp3) is 0.615. The van der Waals surface area contributed by atoms with Crippen molar-refractivity contribution in [3.8, 4) is 0 Å². The molecular weight excluding hydrogens is 310 g/mol. The molecule has 2 rings (SSSR count). The Labute approximate surface area is 129 Å². The zero-order chi connectivity index (χ0) is 15.5. The van der Waals surface area contributed by atoms with Crippen LogP contribution in [0.2, 0.25) is 0 Å². The molecule has 21 heavy (non-hydrogen) atoms. The smallest absolute Gasteiger partial charge is 0.245 e. The number of nitrogens with zero attached hydrogens (tertiary/aromatic N) is 2. The summed E-state index contributed by atoms with van der Waals surface area (Å²) in [5.74, 6) is 0.0281. The predicted molar refractivity (Wildman–Crippen MR) is 83.5 cm³/mol. The number of piperazine rings is 1. The van der Waals surface area contributed by atoms with Crippen LogP contribution in [0.15, 0.2) is 17.5 Å². The van der Waals surface area contributed by atoms with Crippen LogP contribution in [0.4, 0.5) is 0 Å². The Kier molecular flexibility index (Phi) is 5.37. The van der Waals surface area contributed by atoms with Crippen LogP contribution in [0.3, 0.4) is 0 Å². The maximum absolute atomic E-state index is 12.3. The molecule has 0 aromatic carbocycles. The second kappa shape index (κ2) is 6.87. The van der Waals surface area contributed by atoms with Gasteiger partial charge in [-0.25, -0.2) is 8.42 Å². The van der Waals surface area contributed by atoms with Crippen LogP contribution in [0.25, 0.3) is 0 Å². The van der Waals surface area contributed by atoms with Gasteiger partial charge in [-0.2, -0.15) is 4.31 Å². The number of sulfonamides is 1. The fourth-order valence-electron chi connectivity index (χ4n) is 2.36. The van der Waals surface area contributed by atoms with Crippen molar-refractivity contribution in [1.29, 1.82) is 0 Å². The molecule has 2 N–H and O–H groups in total. The molecule has 1 atom stereocenters. The summed E-state index contributed by atoms with van der Waals surface area (Å²) in [7, 11) is -3.18. The van der Waals surface area contributed by atoms with Gasteiger partial charge in [0.2, 0.25) is 15.9 Å². The Balaban J connectivity index is 1.93. The zero-order valence-corrected chi connectivity index (χ0v) is 13.7. The minimum atomic E-state index is -3.18. The third-order valence-electron chi connectivity index (χ3n) is 3.52. The molecule has 0 spiro atoms. The van der Waals surface area contributed by atoms with Crippen LogP contribution in [0, 0.1) is 0 Å². The van der Waals surface area contributed by atoms with Crippen LogP contribution in [-0.2, 0) is 14.8 Å².